The van der Waals surface area contributed by atoms with Crippen LogP contribution in [0.5, 0.6) is 0 Å². The van der Waals surface area contributed by atoms with Crippen LogP contribution < -0.4 is 10.5 Å². The Labute approximate surface area is 110 Å². The lowest BCUT2D eigenvalue weighted by Gasteiger charge is -2.04. The van der Waals surface area contributed by atoms with Crippen LogP contribution in [0.4, 0.5) is 0 Å². The molecule has 2 aromatic rings. The highest BCUT2D eigenvalue weighted by Crippen LogP contribution is 2.15. The number of nitrogens with two attached hydrogens (primary N) is 1. The Balaban J connectivity index is 2.18. The Kier molecular flexibility index (Phi) is 3.69. The summed E-state index contributed by atoms with van der Waals surface area (Å²) in [6.07, 6.45) is 0. The van der Waals surface area contributed by atoms with Crippen molar-refractivity contribution in [3.63, 3.8) is 0 Å². The second-order valence-electron chi connectivity index (χ2n) is 4.10. The maximum Gasteiger partial charge on any atom is 0.260 e. The number of aromatic amines is 1. The van der Waals surface area contributed by atoms with Crippen molar-refractivity contribution in [2.45, 2.75) is 32.0 Å². The Morgan fingerprint density at radius 3 is 2.79 bits per heavy atom. The first-order chi connectivity index (χ1) is 8.94. The van der Waals surface area contributed by atoms with Crippen LogP contribution in [-0.4, -0.2) is 23.8 Å². The van der Waals surface area contributed by atoms with E-state index < -0.39 is 10.0 Å². The van der Waals surface area contributed by atoms with Crippen LogP contribution in [0, 0.1) is 13.8 Å². The van der Waals surface area contributed by atoms with Gasteiger partial charge in [0.05, 0.1) is 12.2 Å². The average Bonchev–Trinajstić information content (AvgIpc) is 2.93. The summed E-state index contributed by atoms with van der Waals surface area (Å²) in [7, 11) is -3.73. The number of nitrogens with zero attached hydrogens (tertiary/aromatic N) is 2. The lowest BCUT2D eigenvalue weighted by atomic mass is 10.3. The molecule has 8 nitrogen and oxygen atoms in total. The van der Waals surface area contributed by atoms with Crippen LogP contribution in [-0.2, 0) is 23.1 Å². The van der Waals surface area contributed by atoms with Crippen molar-refractivity contribution in [3.05, 3.63) is 28.8 Å². The number of hydrogen-bond acceptors (Lipinski definition) is 6. The molecular weight excluding hydrogens is 270 g/mol. The summed E-state index contributed by atoms with van der Waals surface area (Å²) in [5, 5.41) is 9.98. The van der Waals surface area contributed by atoms with Crippen molar-refractivity contribution in [1.29, 1.82) is 0 Å². The van der Waals surface area contributed by atoms with Crippen molar-refractivity contribution in [2.24, 2.45) is 5.73 Å². The number of aryl methyl sites for hydroxylation is 2. The Bertz CT molecular complexity index is 673. The highest BCUT2D eigenvalue weighted by atomic mass is 32.2. The van der Waals surface area contributed by atoms with Crippen LogP contribution in [0.2, 0.25) is 0 Å². The minimum atomic E-state index is -3.73. The second-order valence-corrected chi connectivity index (χ2v) is 5.78. The maximum absolute atomic E-state index is 12.1. The van der Waals surface area contributed by atoms with Crippen LogP contribution in [0.1, 0.15) is 22.7 Å². The fourth-order valence-electron chi connectivity index (χ4n) is 1.63. The normalized spacial score (nSPS) is 11.9. The van der Waals surface area contributed by atoms with Gasteiger partial charge in [-0.25, -0.2) is 13.1 Å². The smallest absolute Gasteiger partial charge is 0.260 e. The zero-order valence-corrected chi connectivity index (χ0v) is 11.4. The highest BCUT2D eigenvalue weighted by molar-refractivity contribution is 7.89. The number of sulfonamides is 1. The molecule has 0 aliphatic rings. The Morgan fingerprint density at radius 1 is 1.47 bits per heavy atom. The van der Waals surface area contributed by atoms with Gasteiger partial charge in [-0.3, -0.25) is 5.10 Å². The van der Waals surface area contributed by atoms with Crippen molar-refractivity contribution < 1.29 is 12.9 Å². The van der Waals surface area contributed by atoms with E-state index in [9.17, 15) is 8.42 Å². The predicted molar refractivity (Wildman–Crippen MR) is 66.5 cm³/mol. The minimum absolute atomic E-state index is 0.0130. The fraction of sp³-hybridized carbons (Fsp3) is 0.400. The van der Waals surface area contributed by atoms with Gasteiger partial charge in [0.25, 0.3) is 10.0 Å². The Hall–Kier alpha value is -1.71. The topological polar surface area (TPSA) is 127 Å². The number of nitrogens with one attached hydrogen (secondary N) is 2. The van der Waals surface area contributed by atoms with Crippen LogP contribution in [0.3, 0.4) is 0 Å². The molecule has 104 valence electrons. The molecule has 2 aromatic heterocycles. The molecule has 19 heavy (non-hydrogen) atoms. The number of H-pyrrole nitrogens is 1. The first kappa shape index (κ1) is 13.7. The molecule has 0 atom stereocenters. The summed E-state index contributed by atoms with van der Waals surface area (Å²) < 4.78 is 31.5. The molecule has 0 saturated heterocycles. The lowest BCUT2D eigenvalue weighted by molar-refractivity contribution is 0.377. The van der Waals surface area contributed by atoms with Gasteiger partial charge in [0.15, 0.2) is 10.8 Å². The summed E-state index contributed by atoms with van der Waals surface area (Å²) in [6.45, 7) is 3.58. The quantitative estimate of drug-likeness (QED) is 0.707. The third kappa shape index (κ3) is 2.83. The van der Waals surface area contributed by atoms with Gasteiger partial charge in [-0.1, -0.05) is 5.16 Å². The van der Waals surface area contributed by atoms with Crippen molar-refractivity contribution in [2.75, 3.05) is 0 Å². The molecule has 0 aliphatic carbocycles. The van der Waals surface area contributed by atoms with E-state index in [1.807, 2.05) is 0 Å². The van der Waals surface area contributed by atoms with Crippen LogP contribution >= 0.6 is 0 Å². The van der Waals surface area contributed by atoms with Crippen molar-refractivity contribution in [3.8, 4) is 0 Å². The molecule has 0 aliphatic heterocycles. The third-order valence-electron chi connectivity index (χ3n) is 2.61. The summed E-state index contributed by atoms with van der Waals surface area (Å²) in [5.41, 5.74) is 7.32. The molecule has 0 fully saturated rings. The lowest BCUT2D eigenvalue weighted by Crippen LogP contribution is -2.25. The summed E-state index contributed by atoms with van der Waals surface area (Å²) in [4.78, 5) is 0. The van der Waals surface area contributed by atoms with Gasteiger partial charge in [0.2, 0.25) is 0 Å². The molecule has 4 N–H and O–H groups in total. The van der Waals surface area contributed by atoms with Gasteiger partial charge in [-0.15, -0.1) is 0 Å². The predicted octanol–water partition coefficient (Wildman–Crippen LogP) is -0.0483. The zero-order valence-electron chi connectivity index (χ0n) is 10.6. The summed E-state index contributed by atoms with van der Waals surface area (Å²) in [6, 6.07) is 1.65. The fourth-order valence-corrected chi connectivity index (χ4v) is 2.82. The van der Waals surface area contributed by atoms with Gasteiger partial charge in [-0.2, -0.15) is 5.10 Å². The molecule has 0 aromatic carbocycles. The van der Waals surface area contributed by atoms with E-state index in [0.29, 0.717) is 22.7 Å². The zero-order chi connectivity index (χ0) is 14.0. The molecule has 2 heterocycles. The van der Waals surface area contributed by atoms with E-state index in [2.05, 4.69) is 20.1 Å². The first-order valence-electron chi connectivity index (χ1n) is 5.60. The van der Waals surface area contributed by atoms with Gasteiger partial charge < -0.3 is 10.3 Å². The van der Waals surface area contributed by atoms with Gasteiger partial charge in [0.1, 0.15) is 0 Å². The van der Waals surface area contributed by atoms with E-state index in [1.165, 1.54) is 0 Å². The summed E-state index contributed by atoms with van der Waals surface area (Å²) in [5.74, 6) is 0.433. The minimum Gasteiger partial charge on any atom is -0.360 e. The summed E-state index contributed by atoms with van der Waals surface area (Å²) >= 11 is 0. The number of aromatic nitrogens is 3. The Morgan fingerprint density at radius 2 is 2.21 bits per heavy atom. The van der Waals surface area contributed by atoms with Gasteiger partial charge in [0, 0.05) is 23.9 Å². The molecule has 0 radical (unpaired) electrons. The molecule has 0 unspecified atom stereocenters. The van der Waals surface area contributed by atoms with Gasteiger partial charge >= 0.3 is 0 Å². The standard InChI is InChI=1S/C10H15N5O3S/c1-6-3-8(18-15-6)5-12-19(16,17)10-9(4-11)7(2)13-14-10/h3,12H,4-5,11H2,1-2H3,(H,13,14). The number of rotatable bonds is 5. The van der Waals surface area contributed by atoms with E-state index in [1.54, 1.807) is 19.9 Å². The molecule has 9 heteroatoms. The molecule has 0 bridgehead atoms. The van der Waals surface area contributed by atoms with Crippen molar-refractivity contribution in [1.82, 2.24) is 20.1 Å². The van der Waals surface area contributed by atoms with E-state index >= 15 is 0 Å². The van der Waals surface area contributed by atoms with Crippen molar-refractivity contribution >= 4 is 10.0 Å². The SMILES string of the molecule is Cc1cc(CNS(=O)(=O)c2n[nH]c(C)c2CN)on1. The molecule has 0 spiro atoms. The average molecular weight is 285 g/mol. The molecule has 0 amide bonds. The molecular formula is C10H15N5O3S. The monoisotopic (exact) mass is 285 g/mol. The highest BCUT2D eigenvalue weighted by Gasteiger charge is 2.23. The number of hydrogen-bond donors (Lipinski definition) is 3. The molecule has 2 rings (SSSR count). The maximum atomic E-state index is 12.1. The first-order valence-corrected chi connectivity index (χ1v) is 7.08. The van der Waals surface area contributed by atoms with Gasteiger partial charge in [-0.05, 0) is 13.8 Å². The van der Waals surface area contributed by atoms with E-state index in [4.69, 9.17) is 10.3 Å². The second kappa shape index (κ2) is 5.11. The van der Waals surface area contributed by atoms with Crippen LogP contribution in [0.25, 0.3) is 0 Å². The van der Waals surface area contributed by atoms with E-state index in [0.717, 1.165) is 0 Å². The van der Waals surface area contributed by atoms with Crippen LogP contribution in [0.15, 0.2) is 15.6 Å². The molecule has 0 saturated carbocycles. The largest absolute Gasteiger partial charge is 0.360 e. The third-order valence-corrected chi connectivity index (χ3v) is 3.98. The van der Waals surface area contributed by atoms with E-state index in [-0.39, 0.29) is 18.1 Å².